The van der Waals surface area contributed by atoms with Gasteiger partial charge in [-0.05, 0) is 25.1 Å². The zero-order chi connectivity index (χ0) is 14.0. The van der Waals surface area contributed by atoms with Gasteiger partial charge in [0.2, 0.25) is 5.89 Å². The van der Waals surface area contributed by atoms with Gasteiger partial charge in [0.25, 0.3) is 0 Å². The highest BCUT2D eigenvalue weighted by Gasteiger charge is 2.33. The van der Waals surface area contributed by atoms with Crippen molar-refractivity contribution in [3.05, 3.63) is 40.5 Å². The fourth-order valence-corrected chi connectivity index (χ4v) is 1.67. The Kier molecular flexibility index (Phi) is 3.66. The van der Waals surface area contributed by atoms with Crippen LogP contribution in [0.3, 0.4) is 0 Å². The van der Waals surface area contributed by atoms with Crippen molar-refractivity contribution in [2.24, 2.45) is 0 Å². The molecular weight excluding hydrogens is 283 g/mol. The minimum Gasteiger partial charge on any atom is -0.376 e. The topological polar surface area (TPSA) is 51.0 Å². The van der Waals surface area contributed by atoms with Gasteiger partial charge in [0.05, 0.1) is 17.1 Å². The van der Waals surface area contributed by atoms with Gasteiger partial charge in [-0.2, -0.15) is 18.2 Å². The second-order valence-corrected chi connectivity index (χ2v) is 4.19. The Morgan fingerprint density at radius 3 is 2.68 bits per heavy atom. The van der Waals surface area contributed by atoms with E-state index in [4.69, 9.17) is 16.1 Å². The van der Waals surface area contributed by atoms with E-state index in [1.165, 1.54) is 12.1 Å². The summed E-state index contributed by atoms with van der Waals surface area (Å²) >= 11 is 5.51. The maximum Gasteiger partial charge on any atom is 0.417 e. The van der Waals surface area contributed by atoms with Crippen LogP contribution in [0.15, 0.2) is 22.7 Å². The number of aryl methyl sites for hydroxylation is 1. The first-order chi connectivity index (χ1) is 8.86. The Bertz CT molecular complexity index is 583. The Morgan fingerprint density at radius 1 is 1.37 bits per heavy atom. The number of halogens is 4. The molecule has 1 aromatic heterocycles. The monoisotopic (exact) mass is 291 g/mol. The minimum absolute atomic E-state index is 0.139. The molecule has 19 heavy (non-hydrogen) atoms. The first-order valence-electron chi connectivity index (χ1n) is 5.26. The second kappa shape index (κ2) is 5.08. The molecule has 0 spiro atoms. The van der Waals surface area contributed by atoms with Gasteiger partial charge in [0.15, 0.2) is 5.82 Å². The van der Waals surface area contributed by atoms with Crippen molar-refractivity contribution in [3.63, 3.8) is 0 Å². The van der Waals surface area contributed by atoms with E-state index in [9.17, 15) is 13.2 Å². The normalized spacial score (nSPS) is 11.6. The van der Waals surface area contributed by atoms with Crippen LogP contribution in [0.1, 0.15) is 17.3 Å². The highest BCUT2D eigenvalue weighted by Crippen LogP contribution is 2.36. The van der Waals surface area contributed by atoms with Gasteiger partial charge in [0, 0.05) is 5.69 Å². The molecule has 0 saturated heterocycles. The lowest BCUT2D eigenvalue weighted by Crippen LogP contribution is -2.07. The number of hydrogen-bond acceptors (Lipinski definition) is 4. The fourth-order valence-electron chi connectivity index (χ4n) is 1.44. The molecule has 0 atom stereocenters. The van der Waals surface area contributed by atoms with E-state index in [2.05, 4.69) is 15.5 Å². The fraction of sp³-hybridized carbons (Fsp3) is 0.273. The van der Waals surface area contributed by atoms with E-state index >= 15 is 0 Å². The lowest BCUT2D eigenvalue weighted by atomic mass is 10.2. The molecule has 102 valence electrons. The molecule has 2 rings (SSSR count). The van der Waals surface area contributed by atoms with Gasteiger partial charge >= 0.3 is 6.18 Å². The Balaban J connectivity index is 2.13. The number of alkyl halides is 3. The van der Waals surface area contributed by atoms with E-state index in [0.29, 0.717) is 11.7 Å². The van der Waals surface area contributed by atoms with Crippen LogP contribution in [0.2, 0.25) is 5.02 Å². The van der Waals surface area contributed by atoms with Crippen LogP contribution in [0, 0.1) is 6.92 Å². The van der Waals surface area contributed by atoms with E-state index in [0.717, 1.165) is 6.07 Å². The SMILES string of the molecule is Cc1noc(CNc2ccc(Cl)c(C(F)(F)F)c2)n1. The summed E-state index contributed by atoms with van der Waals surface area (Å²) in [6.45, 7) is 1.79. The first kappa shape index (κ1) is 13.7. The molecule has 0 bridgehead atoms. The average Bonchev–Trinajstić information content (AvgIpc) is 2.72. The van der Waals surface area contributed by atoms with Gasteiger partial charge in [-0.1, -0.05) is 16.8 Å². The van der Waals surface area contributed by atoms with Gasteiger partial charge in [-0.3, -0.25) is 0 Å². The third kappa shape index (κ3) is 3.37. The van der Waals surface area contributed by atoms with Crippen molar-refractivity contribution in [2.45, 2.75) is 19.6 Å². The molecular formula is C11H9ClF3N3O. The van der Waals surface area contributed by atoms with Crippen molar-refractivity contribution in [3.8, 4) is 0 Å². The molecule has 0 radical (unpaired) electrons. The van der Waals surface area contributed by atoms with Crippen LogP contribution < -0.4 is 5.32 Å². The molecule has 0 amide bonds. The Hall–Kier alpha value is -1.76. The maximum absolute atomic E-state index is 12.6. The predicted molar refractivity (Wildman–Crippen MR) is 62.8 cm³/mol. The smallest absolute Gasteiger partial charge is 0.376 e. The van der Waals surface area contributed by atoms with Crippen LogP contribution in [-0.4, -0.2) is 10.1 Å². The number of aromatic nitrogens is 2. The van der Waals surface area contributed by atoms with Crippen LogP contribution in [0.25, 0.3) is 0 Å². The third-order valence-corrected chi connectivity index (χ3v) is 2.61. The zero-order valence-electron chi connectivity index (χ0n) is 9.75. The van der Waals surface area contributed by atoms with Crippen LogP contribution in [-0.2, 0) is 12.7 Å². The lowest BCUT2D eigenvalue weighted by molar-refractivity contribution is -0.137. The third-order valence-electron chi connectivity index (χ3n) is 2.29. The van der Waals surface area contributed by atoms with Crippen molar-refractivity contribution in [2.75, 3.05) is 5.32 Å². The molecule has 4 nitrogen and oxygen atoms in total. The molecule has 0 fully saturated rings. The summed E-state index contributed by atoms with van der Waals surface area (Å²) in [4.78, 5) is 3.93. The largest absolute Gasteiger partial charge is 0.417 e. The van der Waals surface area contributed by atoms with Crippen molar-refractivity contribution in [1.29, 1.82) is 0 Å². The summed E-state index contributed by atoms with van der Waals surface area (Å²) in [5, 5.41) is 5.99. The zero-order valence-corrected chi connectivity index (χ0v) is 10.5. The highest BCUT2D eigenvalue weighted by atomic mass is 35.5. The molecule has 1 aromatic carbocycles. The number of anilines is 1. The van der Waals surface area contributed by atoms with Crippen LogP contribution >= 0.6 is 11.6 Å². The molecule has 0 unspecified atom stereocenters. The van der Waals surface area contributed by atoms with Crippen LogP contribution in [0.5, 0.6) is 0 Å². The van der Waals surface area contributed by atoms with Gasteiger partial charge in [-0.15, -0.1) is 0 Å². The molecule has 0 aliphatic carbocycles. The number of nitrogens with one attached hydrogen (secondary N) is 1. The highest BCUT2D eigenvalue weighted by molar-refractivity contribution is 6.31. The molecule has 2 aromatic rings. The van der Waals surface area contributed by atoms with Crippen LogP contribution in [0.4, 0.5) is 18.9 Å². The first-order valence-corrected chi connectivity index (χ1v) is 5.64. The molecule has 1 N–H and O–H groups in total. The average molecular weight is 292 g/mol. The van der Waals surface area contributed by atoms with E-state index < -0.39 is 11.7 Å². The van der Waals surface area contributed by atoms with Gasteiger partial charge in [-0.25, -0.2) is 0 Å². The number of benzene rings is 1. The summed E-state index contributed by atoms with van der Waals surface area (Å²) in [6.07, 6.45) is -4.49. The molecule has 0 aliphatic rings. The molecule has 0 saturated carbocycles. The summed E-state index contributed by atoms with van der Waals surface area (Å²) in [5.41, 5.74) is -0.617. The maximum atomic E-state index is 12.6. The van der Waals surface area contributed by atoms with E-state index in [1.807, 2.05) is 0 Å². The van der Waals surface area contributed by atoms with Gasteiger partial charge in [0.1, 0.15) is 0 Å². The minimum atomic E-state index is -4.49. The Labute approximate surface area is 111 Å². The van der Waals surface area contributed by atoms with Crippen molar-refractivity contribution < 1.29 is 17.7 Å². The summed E-state index contributed by atoms with van der Waals surface area (Å²) in [7, 11) is 0. The molecule has 8 heteroatoms. The number of rotatable bonds is 3. The van der Waals surface area contributed by atoms with E-state index in [1.54, 1.807) is 6.92 Å². The quantitative estimate of drug-likeness (QED) is 0.937. The Morgan fingerprint density at radius 2 is 2.11 bits per heavy atom. The second-order valence-electron chi connectivity index (χ2n) is 3.78. The standard InChI is InChI=1S/C11H9ClF3N3O/c1-6-17-10(19-18-6)5-16-7-2-3-9(12)8(4-7)11(13,14)15/h2-4,16H,5H2,1H3. The molecule has 1 heterocycles. The summed E-state index contributed by atoms with van der Waals surface area (Å²) in [6, 6.07) is 3.57. The van der Waals surface area contributed by atoms with Crippen molar-refractivity contribution in [1.82, 2.24) is 10.1 Å². The van der Waals surface area contributed by atoms with Gasteiger partial charge < -0.3 is 9.84 Å². The summed E-state index contributed by atoms with van der Waals surface area (Å²) in [5.74, 6) is 0.755. The summed E-state index contributed by atoms with van der Waals surface area (Å²) < 4.78 is 42.8. The predicted octanol–water partition coefficient (Wildman–Crippen LogP) is 3.66. The number of hydrogen-bond donors (Lipinski definition) is 1. The van der Waals surface area contributed by atoms with Crippen molar-refractivity contribution >= 4 is 17.3 Å². The van der Waals surface area contributed by atoms with E-state index in [-0.39, 0.29) is 17.3 Å². The number of nitrogens with zero attached hydrogens (tertiary/aromatic N) is 2. The molecule has 0 aliphatic heterocycles. The lowest BCUT2D eigenvalue weighted by Gasteiger charge is -2.11.